The summed E-state index contributed by atoms with van der Waals surface area (Å²) >= 11 is 5.97. The third-order valence-corrected chi connectivity index (χ3v) is 5.33. The Morgan fingerprint density at radius 3 is 2.67 bits per heavy atom. The first kappa shape index (κ1) is 17.5. The van der Waals surface area contributed by atoms with E-state index in [2.05, 4.69) is 4.90 Å². The molecule has 2 aliphatic heterocycles. The van der Waals surface area contributed by atoms with Crippen molar-refractivity contribution in [1.29, 1.82) is 0 Å². The average Bonchev–Trinajstić information content (AvgIpc) is 2.61. The third kappa shape index (κ3) is 3.85. The lowest BCUT2D eigenvalue weighted by atomic mass is 9.98. The Kier molecular flexibility index (Phi) is 5.64. The van der Waals surface area contributed by atoms with Gasteiger partial charge in [-0.25, -0.2) is 0 Å². The monoisotopic (exact) mass is 352 g/mol. The predicted molar refractivity (Wildman–Crippen MR) is 93.7 cm³/mol. The first-order chi connectivity index (χ1) is 11.6. The molecule has 3 rings (SSSR count). The van der Waals surface area contributed by atoms with Crippen LogP contribution in [0.3, 0.4) is 0 Å². The standard InChI is InChI=1S/C18H25ClN2O3/c1-24-17-11-13(19)4-5-16(17)18(23)20-9-6-14(7-10-20)21-8-2-3-15(22)12-21/h4-5,11,14-15,22H,2-3,6-10,12H2,1H3/t15-/m0/s1. The van der Waals surface area contributed by atoms with E-state index >= 15 is 0 Å². The minimum atomic E-state index is -0.197. The van der Waals surface area contributed by atoms with Gasteiger partial charge in [-0.3, -0.25) is 9.69 Å². The van der Waals surface area contributed by atoms with Crippen LogP contribution in [0, 0.1) is 0 Å². The molecule has 1 amide bonds. The molecule has 1 atom stereocenters. The molecule has 0 saturated carbocycles. The van der Waals surface area contributed by atoms with Crippen molar-refractivity contribution in [2.75, 3.05) is 33.3 Å². The molecule has 1 aromatic carbocycles. The lowest BCUT2D eigenvalue weighted by Crippen LogP contribution is -2.50. The highest BCUT2D eigenvalue weighted by molar-refractivity contribution is 6.30. The quantitative estimate of drug-likeness (QED) is 0.907. The molecule has 2 saturated heterocycles. The fourth-order valence-electron chi connectivity index (χ4n) is 3.76. The molecule has 1 aromatic rings. The number of nitrogens with zero attached hydrogens (tertiary/aromatic N) is 2. The number of carbonyl (C=O) groups excluding carboxylic acids is 1. The average molecular weight is 353 g/mol. The molecule has 132 valence electrons. The van der Waals surface area contributed by atoms with Gasteiger partial charge in [0.15, 0.2) is 0 Å². The van der Waals surface area contributed by atoms with Crippen molar-refractivity contribution in [3.05, 3.63) is 28.8 Å². The maximum atomic E-state index is 12.8. The van der Waals surface area contributed by atoms with Crippen molar-refractivity contribution < 1.29 is 14.6 Å². The maximum absolute atomic E-state index is 12.8. The van der Waals surface area contributed by atoms with E-state index in [9.17, 15) is 9.90 Å². The van der Waals surface area contributed by atoms with Crippen LogP contribution in [0.15, 0.2) is 18.2 Å². The molecular formula is C18H25ClN2O3. The number of amides is 1. The van der Waals surface area contributed by atoms with Crippen LogP contribution in [-0.4, -0.2) is 66.2 Å². The molecular weight excluding hydrogens is 328 g/mol. The molecule has 24 heavy (non-hydrogen) atoms. The first-order valence-corrected chi connectivity index (χ1v) is 9.01. The van der Waals surface area contributed by atoms with Crippen LogP contribution in [0.5, 0.6) is 5.75 Å². The lowest BCUT2D eigenvalue weighted by molar-refractivity contribution is 0.0240. The summed E-state index contributed by atoms with van der Waals surface area (Å²) in [5.41, 5.74) is 0.564. The van der Waals surface area contributed by atoms with E-state index in [4.69, 9.17) is 16.3 Å². The number of halogens is 1. The summed E-state index contributed by atoms with van der Waals surface area (Å²) in [7, 11) is 1.55. The lowest BCUT2D eigenvalue weighted by Gasteiger charge is -2.41. The number of piperidine rings is 2. The second-order valence-electron chi connectivity index (χ2n) is 6.66. The Labute approximate surface area is 148 Å². The zero-order valence-corrected chi connectivity index (χ0v) is 14.8. The minimum absolute atomic E-state index is 0.000598. The maximum Gasteiger partial charge on any atom is 0.257 e. The normalized spacial score (nSPS) is 23.3. The summed E-state index contributed by atoms with van der Waals surface area (Å²) in [5.74, 6) is 0.523. The number of carbonyl (C=O) groups is 1. The summed E-state index contributed by atoms with van der Waals surface area (Å²) in [5, 5.41) is 10.4. The Balaban J connectivity index is 1.61. The second-order valence-corrected chi connectivity index (χ2v) is 7.10. The first-order valence-electron chi connectivity index (χ1n) is 8.63. The highest BCUT2D eigenvalue weighted by Gasteiger charge is 2.30. The number of hydrogen-bond acceptors (Lipinski definition) is 4. The number of rotatable bonds is 3. The molecule has 0 aliphatic carbocycles. The molecule has 2 heterocycles. The Morgan fingerprint density at radius 2 is 2.00 bits per heavy atom. The van der Waals surface area contributed by atoms with Gasteiger partial charge in [-0.05, 0) is 50.4 Å². The number of β-amino-alcohol motifs (C(OH)–C–C–N with tert-alkyl or cyclic N) is 1. The summed E-state index contributed by atoms with van der Waals surface area (Å²) in [4.78, 5) is 17.1. The van der Waals surface area contributed by atoms with Gasteiger partial charge in [-0.2, -0.15) is 0 Å². The van der Waals surface area contributed by atoms with Crippen molar-refractivity contribution in [2.24, 2.45) is 0 Å². The van der Waals surface area contributed by atoms with Crippen molar-refractivity contribution in [2.45, 2.75) is 37.8 Å². The summed E-state index contributed by atoms with van der Waals surface area (Å²) in [6.07, 6.45) is 3.67. The molecule has 5 nitrogen and oxygen atoms in total. The molecule has 6 heteroatoms. The van der Waals surface area contributed by atoms with Crippen molar-refractivity contribution >= 4 is 17.5 Å². The largest absolute Gasteiger partial charge is 0.496 e. The van der Waals surface area contributed by atoms with E-state index in [1.165, 1.54) is 0 Å². The van der Waals surface area contributed by atoms with Gasteiger partial charge in [0.2, 0.25) is 0 Å². The fourth-order valence-corrected chi connectivity index (χ4v) is 3.92. The summed E-state index contributed by atoms with van der Waals surface area (Å²) in [6, 6.07) is 5.60. The number of methoxy groups -OCH3 is 1. The van der Waals surface area contributed by atoms with Crippen molar-refractivity contribution in [3.8, 4) is 5.75 Å². The molecule has 0 spiro atoms. The SMILES string of the molecule is COc1cc(Cl)ccc1C(=O)N1CCC(N2CCC[C@H](O)C2)CC1. The highest BCUT2D eigenvalue weighted by Crippen LogP contribution is 2.27. The van der Waals surface area contributed by atoms with Crippen molar-refractivity contribution in [3.63, 3.8) is 0 Å². The van der Waals surface area contributed by atoms with E-state index < -0.39 is 0 Å². The molecule has 0 radical (unpaired) electrons. The third-order valence-electron chi connectivity index (χ3n) is 5.09. The van der Waals surface area contributed by atoms with Gasteiger partial charge in [0.1, 0.15) is 5.75 Å². The van der Waals surface area contributed by atoms with Gasteiger partial charge in [0.25, 0.3) is 5.91 Å². The molecule has 2 aliphatic rings. The number of aliphatic hydroxyl groups excluding tert-OH is 1. The van der Waals surface area contributed by atoms with E-state index in [1.54, 1.807) is 25.3 Å². The highest BCUT2D eigenvalue weighted by atomic mass is 35.5. The van der Waals surface area contributed by atoms with E-state index in [-0.39, 0.29) is 12.0 Å². The molecule has 0 unspecified atom stereocenters. The smallest absolute Gasteiger partial charge is 0.257 e. The van der Waals surface area contributed by atoms with Crippen LogP contribution in [0.25, 0.3) is 0 Å². The van der Waals surface area contributed by atoms with Crippen LogP contribution in [0.1, 0.15) is 36.0 Å². The van der Waals surface area contributed by atoms with E-state index in [0.29, 0.717) is 22.4 Å². The van der Waals surface area contributed by atoms with Crippen LogP contribution < -0.4 is 4.74 Å². The van der Waals surface area contributed by atoms with Crippen LogP contribution in [0.2, 0.25) is 5.02 Å². The van der Waals surface area contributed by atoms with Gasteiger partial charge in [-0.15, -0.1) is 0 Å². The van der Waals surface area contributed by atoms with Crippen LogP contribution >= 0.6 is 11.6 Å². The predicted octanol–water partition coefficient (Wildman–Crippen LogP) is 2.41. The Morgan fingerprint density at radius 1 is 1.25 bits per heavy atom. The van der Waals surface area contributed by atoms with E-state index in [1.807, 2.05) is 4.90 Å². The Hall–Kier alpha value is -1.30. The van der Waals surface area contributed by atoms with Gasteiger partial charge >= 0.3 is 0 Å². The topological polar surface area (TPSA) is 53.0 Å². The molecule has 0 bridgehead atoms. The summed E-state index contributed by atoms with van der Waals surface area (Å²) in [6.45, 7) is 3.30. The van der Waals surface area contributed by atoms with Gasteiger partial charge in [0, 0.05) is 30.7 Å². The van der Waals surface area contributed by atoms with Gasteiger partial charge in [-0.1, -0.05) is 11.6 Å². The zero-order chi connectivity index (χ0) is 17.1. The van der Waals surface area contributed by atoms with E-state index in [0.717, 1.165) is 51.9 Å². The number of ether oxygens (including phenoxy) is 1. The van der Waals surface area contributed by atoms with Crippen molar-refractivity contribution in [1.82, 2.24) is 9.80 Å². The summed E-state index contributed by atoms with van der Waals surface area (Å²) < 4.78 is 5.30. The second kappa shape index (κ2) is 7.72. The van der Waals surface area contributed by atoms with Crippen LogP contribution in [0.4, 0.5) is 0 Å². The minimum Gasteiger partial charge on any atom is -0.496 e. The van der Waals surface area contributed by atoms with Gasteiger partial charge in [0.05, 0.1) is 18.8 Å². The number of hydrogen-bond donors (Lipinski definition) is 1. The zero-order valence-electron chi connectivity index (χ0n) is 14.1. The Bertz CT molecular complexity index is 588. The number of likely N-dealkylation sites (tertiary alicyclic amines) is 2. The van der Waals surface area contributed by atoms with Gasteiger partial charge < -0.3 is 14.7 Å². The van der Waals surface area contributed by atoms with Crippen LogP contribution in [-0.2, 0) is 0 Å². The number of benzene rings is 1. The molecule has 2 fully saturated rings. The molecule has 1 N–H and O–H groups in total. The molecule has 0 aromatic heterocycles. The number of aliphatic hydroxyl groups is 1. The fraction of sp³-hybridized carbons (Fsp3) is 0.611.